The van der Waals surface area contributed by atoms with Gasteiger partial charge in [0.05, 0.1) is 0 Å². The molecule has 0 saturated carbocycles. The van der Waals surface area contributed by atoms with Gasteiger partial charge >= 0.3 is 6.09 Å². The van der Waals surface area contributed by atoms with Gasteiger partial charge in [-0.2, -0.15) is 0 Å². The van der Waals surface area contributed by atoms with Crippen LogP contribution in [0.4, 0.5) is 4.79 Å². The monoisotopic (exact) mass is 312 g/mol. The molecular weight excluding hydrogens is 284 g/mol. The summed E-state index contributed by atoms with van der Waals surface area (Å²) in [4.78, 5) is 14.3. The summed E-state index contributed by atoms with van der Waals surface area (Å²) in [7, 11) is 0. The van der Waals surface area contributed by atoms with E-state index in [2.05, 4.69) is 43.5 Å². The van der Waals surface area contributed by atoms with Gasteiger partial charge in [-0.15, -0.1) is 11.3 Å². The number of carbonyl (C=O) groups is 1. The number of nitrogens with one attached hydrogen (secondary N) is 2. The molecule has 1 aromatic heterocycles. The number of rotatable bonds is 6. The maximum absolute atomic E-state index is 11.6. The van der Waals surface area contributed by atoms with Crippen molar-refractivity contribution in [1.29, 1.82) is 0 Å². The third-order valence-electron chi connectivity index (χ3n) is 2.94. The van der Waals surface area contributed by atoms with Crippen molar-refractivity contribution in [1.82, 2.24) is 10.6 Å². The highest BCUT2D eigenvalue weighted by Gasteiger charge is 2.17. The van der Waals surface area contributed by atoms with E-state index in [9.17, 15) is 4.79 Å². The minimum atomic E-state index is -0.457. The Labute approximate surface area is 132 Å². The Bertz CT molecular complexity index is 451. The van der Waals surface area contributed by atoms with Gasteiger partial charge < -0.3 is 15.4 Å². The average Bonchev–Trinajstić information content (AvgIpc) is 2.83. The van der Waals surface area contributed by atoms with Gasteiger partial charge in [0, 0.05) is 28.4 Å². The standard InChI is InChI=1S/C16H28N2O2S/c1-7-13-8-9-14(21-13)12(3)18-11(2)10-17-15(19)20-16(4,5)6/h8-9,11-12,18H,7,10H2,1-6H3,(H,17,19). The molecule has 21 heavy (non-hydrogen) atoms. The van der Waals surface area contributed by atoms with Crippen molar-refractivity contribution in [3.63, 3.8) is 0 Å². The van der Waals surface area contributed by atoms with E-state index < -0.39 is 5.60 Å². The van der Waals surface area contributed by atoms with Crippen molar-refractivity contribution < 1.29 is 9.53 Å². The van der Waals surface area contributed by atoms with Crippen LogP contribution in [0, 0.1) is 0 Å². The van der Waals surface area contributed by atoms with Gasteiger partial charge in [0.2, 0.25) is 0 Å². The fourth-order valence-electron chi connectivity index (χ4n) is 1.94. The van der Waals surface area contributed by atoms with E-state index in [1.165, 1.54) is 9.75 Å². The summed E-state index contributed by atoms with van der Waals surface area (Å²) in [6.45, 7) is 12.5. The molecule has 1 heterocycles. The van der Waals surface area contributed by atoms with Crippen LogP contribution in [-0.2, 0) is 11.2 Å². The minimum Gasteiger partial charge on any atom is -0.444 e. The molecule has 0 aliphatic carbocycles. The number of alkyl carbamates (subject to hydrolysis) is 1. The van der Waals surface area contributed by atoms with Gasteiger partial charge in [0.15, 0.2) is 0 Å². The van der Waals surface area contributed by atoms with Crippen molar-refractivity contribution in [2.75, 3.05) is 6.54 Å². The van der Waals surface area contributed by atoms with Crippen molar-refractivity contribution >= 4 is 17.4 Å². The Kier molecular flexibility index (Phi) is 6.68. The fourth-order valence-corrected chi connectivity index (χ4v) is 2.90. The Morgan fingerprint density at radius 3 is 2.52 bits per heavy atom. The number of carbonyl (C=O) groups excluding carboxylic acids is 1. The molecule has 4 nitrogen and oxygen atoms in total. The molecule has 0 spiro atoms. The molecule has 0 bridgehead atoms. The lowest BCUT2D eigenvalue weighted by Crippen LogP contribution is -2.41. The smallest absolute Gasteiger partial charge is 0.407 e. The first kappa shape index (κ1) is 18.0. The van der Waals surface area contributed by atoms with Crippen LogP contribution in [0.25, 0.3) is 0 Å². The highest BCUT2D eigenvalue weighted by Crippen LogP contribution is 2.23. The number of amides is 1. The van der Waals surface area contributed by atoms with Gasteiger partial charge in [-0.1, -0.05) is 6.92 Å². The van der Waals surface area contributed by atoms with Gasteiger partial charge in [-0.25, -0.2) is 4.79 Å². The predicted octanol–water partition coefficient (Wildman–Crippen LogP) is 3.87. The summed E-state index contributed by atoms with van der Waals surface area (Å²) < 4.78 is 5.22. The summed E-state index contributed by atoms with van der Waals surface area (Å²) in [5, 5.41) is 6.28. The summed E-state index contributed by atoms with van der Waals surface area (Å²) >= 11 is 1.84. The van der Waals surface area contributed by atoms with E-state index >= 15 is 0 Å². The van der Waals surface area contributed by atoms with Crippen molar-refractivity contribution in [2.24, 2.45) is 0 Å². The zero-order valence-corrected chi connectivity index (χ0v) is 14.8. The van der Waals surface area contributed by atoms with Crippen molar-refractivity contribution in [2.45, 2.75) is 65.6 Å². The average molecular weight is 312 g/mol. The highest BCUT2D eigenvalue weighted by atomic mass is 32.1. The second-order valence-corrected chi connectivity index (χ2v) is 7.53. The first-order chi connectivity index (χ1) is 9.71. The molecule has 2 N–H and O–H groups in total. The molecular formula is C16H28N2O2S. The lowest BCUT2D eigenvalue weighted by Gasteiger charge is -2.22. The molecule has 2 atom stereocenters. The van der Waals surface area contributed by atoms with E-state index in [-0.39, 0.29) is 18.2 Å². The maximum Gasteiger partial charge on any atom is 0.407 e. The predicted molar refractivity (Wildman–Crippen MR) is 88.9 cm³/mol. The molecule has 0 aliphatic heterocycles. The Hall–Kier alpha value is -1.07. The minimum absolute atomic E-state index is 0.180. The second kappa shape index (κ2) is 7.80. The molecule has 1 aromatic rings. The summed E-state index contributed by atoms with van der Waals surface area (Å²) in [6.07, 6.45) is 0.709. The largest absolute Gasteiger partial charge is 0.444 e. The number of thiophene rings is 1. The molecule has 5 heteroatoms. The van der Waals surface area contributed by atoms with Crippen LogP contribution in [0.3, 0.4) is 0 Å². The Morgan fingerprint density at radius 1 is 1.33 bits per heavy atom. The van der Waals surface area contributed by atoms with E-state index in [4.69, 9.17) is 4.74 Å². The number of hydrogen-bond acceptors (Lipinski definition) is 4. The molecule has 0 saturated heterocycles. The van der Waals surface area contributed by atoms with Crippen LogP contribution in [0.1, 0.15) is 57.3 Å². The number of hydrogen-bond donors (Lipinski definition) is 2. The number of ether oxygens (including phenoxy) is 1. The molecule has 120 valence electrons. The number of aryl methyl sites for hydroxylation is 1. The molecule has 1 rings (SSSR count). The molecule has 1 amide bonds. The third-order valence-corrected chi connectivity index (χ3v) is 4.36. The molecule has 0 radical (unpaired) electrons. The van der Waals surface area contributed by atoms with Crippen molar-refractivity contribution in [3.05, 3.63) is 21.9 Å². The zero-order valence-electron chi connectivity index (χ0n) is 13.9. The zero-order chi connectivity index (χ0) is 16.0. The highest BCUT2D eigenvalue weighted by molar-refractivity contribution is 7.12. The van der Waals surface area contributed by atoms with Crippen LogP contribution in [0.2, 0.25) is 0 Å². The molecule has 0 aromatic carbocycles. The van der Waals surface area contributed by atoms with Crippen LogP contribution in [0.15, 0.2) is 12.1 Å². The van der Waals surface area contributed by atoms with Crippen LogP contribution in [0.5, 0.6) is 0 Å². The van der Waals surface area contributed by atoms with Crippen molar-refractivity contribution in [3.8, 4) is 0 Å². The van der Waals surface area contributed by atoms with E-state index in [1.807, 2.05) is 32.1 Å². The van der Waals surface area contributed by atoms with Gasteiger partial charge in [-0.05, 0) is 53.2 Å². The molecule has 2 unspecified atom stereocenters. The first-order valence-electron chi connectivity index (χ1n) is 7.52. The quantitative estimate of drug-likeness (QED) is 0.838. The Morgan fingerprint density at radius 2 is 2.00 bits per heavy atom. The molecule has 0 fully saturated rings. The lowest BCUT2D eigenvalue weighted by atomic mass is 10.2. The first-order valence-corrected chi connectivity index (χ1v) is 8.34. The maximum atomic E-state index is 11.6. The van der Waals surface area contributed by atoms with Crippen LogP contribution >= 0.6 is 11.3 Å². The summed E-state index contributed by atoms with van der Waals surface area (Å²) in [6, 6.07) is 4.82. The SMILES string of the molecule is CCc1ccc(C(C)NC(C)CNC(=O)OC(C)(C)C)s1. The van der Waals surface area contributed by atoms with E-state index in [0.29, 0.717) is 6.54 Å². The fraction of sp³-hybridized carbons (Fsp3) is 0.688. The normalized spacial score (nSPS) is 14.6. The summed E-state index contributed by atoms with van der Waals surface area (Å²) in [5.74, 6) is 0. The molecule has 0 aliphatic rings. The van der Waals surface area contributed by atoms with Crippen LogP contribution < -0.4 is 10.6 Å². The van der Waals surface area contributed by atoms with Crippen LogP contribution in [-0.4, -0.2) is 24.3 Å². The van der Waals surface area contributed by atoms with Gasteiger partial charge in [-0.3, -0.25) is 0 Å². The lowest BCUT2D eigenvalue weighted by molar-refractivity contribution is 0.0522. The van der Waals surface area contributed by atoms with E-state index in [1.54, 1.807) is 0 Å². The van der Waals surface area contributed by atoms with E-state index in [0.717, 1.165) is 6.42 Å². The third kappa shape index (κ3) is 6.96. The topological polar surface area (TPSA) is 50.4 Å². The van der Waals surface area contributed by atoms with Gasteiger partial charge in [0.25, 0.3) is 0 Å². The van der Waals surface area contributed by atoms with Gasteiger partial charge in [0.1, 0.15) is 5.60 Å². The summed E-state index contributed by atoms with van der Waals surface area (Å²) in [5.41, 5.74) is -0.457. The second-order valence-electron chi connectivity index (χ2n) is 6.33. The Balaban J connectivity index is 2.36.